The molecule has 0 saturated heterocycles. The first-order valence-electron chi connectivity index (χ1n) is 11.2. The third-order valence-corrected chi connectivity index (χ3v) is 9.49. The van der Waals surface area contributed by atoms with Crippen LogP contribution in [0, 0.1) is 0 Å². The van der Waals surface area contributed by atoms with Crippen molar-refractivity contribution in [2.24, 2.45) is 0 Å². The molecule has 3 aromatic heterocycles. The molecule has 0 bridgehead atoms. The number of aromatic nitrogens is 2. The smallest absolute Gasteiger partial charge is 0.215 e. The number of anilines is 1. The average molecular weight is 529 g/mol. The largest absolute Gasteiger partial charge is 0.386 e. The molecule has 7 nitrogen and oxygen atoms in total. The van der Waals surface area contributed by atoms with Gasteiger partial charge in [0.25, 0.3) is 0 Å². The minimum Gasteiger partial charge on any atom is -0.386 e. The summed E-state index contributed by atoms with van der Waals surface area (Å²) < 4.78 is 29.7. The van der Waals surface area contributed by atoms with Crippen LogP contribution in [0.3, 0.4) is 0 Å². The maximum atomic E-state index is 12.9. The highest BCUT2D eigenvalue weighted by atomic mass is 35.5. The molecule has 0 spiro atoms. The van der Waals surface area contributed by atoms with Crippen molar-refractivity contribution in [3.8, 4) is 11.3 Å². The molecule has 4 aromatic rings. The normalized spacial score (nSPS) is 15.4. The number of nitrogens with two attached hydrogens (primary N) is 1. The fourth-order valence-electron chi connectivity index (χ4n) is 3.95. The molecule has 0 radical (unpaired) electrons. The molecule has 182 valence electrons. The predicted molar refractivity (Wildman–Crippen MR) is 141 cm³/mol. The van der Waals surface area contributed by atoms with Gasteiger partial charge in [0.05, 0.1) is 33.3 Å². The van der Waals surface area contributed by atoms with Gasteiger partial charge in [-0.15, -0.1) is 11.3 Å². The van der Waals surface area contributed by atoms with Gasteiger partial charge in [-0.3, -0.25) is 4.98 Å². The van der Waals surface area contributed by atoms with E-state index in [1.807, 2.05) is 30.3 Å². The zero-order chi connectivity index (χ0) is 25.0. The average Bonchev–Trinajstić information content (AvgIpc) is 3.58. The number of nitrogens with one attached hydrogen (secondary N) is 1. The molecule has 1 aliphatic rings. The highest BCUT2D eigenvalue weighted by molar-refractivity contribution is 7.90. The Balaban J connectivity index is 1.65. The summed E-state index contributed by atoms with van der Waals surface area (Å²) in [5.41, 5.74) is 7.65. The van der Waals surface area contributed by atoms with Gasteiger partial charge < -0.3 is 10.8 Å². The first-order chi connectivity index (χ1) is 16.5. The molecule has 35 heavy (non-hydrogen) atoms. The molecule has 0 unspecified atom stereocenters. The molecule has 1 aliphatic carbocycles. The number of sulfonamides is 1. The van der Waals surface area contributed by atoms with E-state index in [0.717, 1.165) is 31.8 Å². The summed E-state index contributed by atoms with van der Waals surface area (Å²) >= 11 is 7.92. The Hall–Kier alpha value is -2.56. The van der Waals surface area contributed by atoms with Gasteiger partial charge in [-0.05, 0) is 68.0 Å². The minimum atomic E-state index is -3.56. The fraction of sp³-hybridized carbons (Fsp3) is 0.280. The van der Waals surface area contributed by atoms with E-state index in [2.05, 4.69) is 14.7 Å². The van der Waals surface area contributed by atoms with Gasteiger partial charge in [-0.2, -0.15) is 0 Å². The lowest BCUT2D eigenvalue weighted by Gasteiger charge is -2.19. The summed E-state index contributed by atoms with van der Waals surface area (Å²) in [6.45, 7) is 3.46. The zero-order valence-electron chi connectivity index (χ0n) is 19.2. The van der Waals surface area contributed by atoms with Crippen molar-refractivity contribution in [3.05, 3.63) is 75.9 Å². The second-order valence-electron chi connectivity index (χ2n) is 9.26. The van der Waals surface area contributed by atoms with Gasteiger partial charge in [0, 0.05) is 21.3 Å². The topological polar surface area (TPSA) is 118 Å². The van der Waals surface area contributed by atoms with Crippen LogP contribution in [0.25, 0.3) is 21.3 Å². The van der Waals surface area contributed by atoms with E-state index < -0.39 is 26.9 Å². The highest BCUT2D eigenvalue weighted by Gasteiger charge is 2.38. The van der Waals surface area contributed by atoms with Gasteiger partial charge in [-0.1, -0.05) is 29.8 Å². The van der Waals surface area contributed by atoms with E-state index in [0.29, 0.717) is 23.6 Å². The van der Waals surface area contributed by atoms with Crippen LogP contribution in [-0.4, -0.2) is 28.7 Å². The zero-order valence-corrected chi connectivity index (χ0v) is 21.6. The number of nitrogen functional groups attached to an aromatic ring is 1. The van der Waals surface area contributed by atoms with Gasteiger partial charge >= 0.3 is 0 Å². The maximum absolute atomic E-state index is 12.9. The lowest BCUT2D eigenvalue weighted by molar-refractivity contribution is 0.0785. The Morgan fingerprint density at radius 2 is 1.97 bits per heavy atom. The lowest BCUT2D eigenvalue weighted by atomic mass is 9.97. The van der Waals surface area contributed by atoms with Gasteiger partial charge in [-0.25, -0.2) is 18.1 Å². The number of thiophene rings is 1. The number of nitrogens with zero attached hydrogens (tertiary/aromatic N) is 2. The first kappa shape index (κ1) is 24.1. The van der Waals surface area contributed by atoms with E-state index in [1.54, 1.807) is 38.2 Å². The van der Waals surface area contributed by atoms with E-state index in [9.17, 15) is 13.5 Å². The molecular weight excluding hydrogens is 504 g/mol. The third-order valence-electron chi connectivity index (χ3n) is 6.00. The van der Waals surface area contributed by atoms with E-state index in [1.165, 1.54) is 11.3 Å². The van der Waals surface area contributed by atoms with Crippen molar-refractivity contribution in [1.29, 1.82) is 0 Å². The summed E-state index contributed by atoms with van der Waals surface area (Å²) in [6.07, 6.45) is 2.96. The lowest BCUT2D eigenvalue weighted by Crippen LogP contribution is -2.32. The molecule has 1 saturated carbocycles. The van der Waals surface area contributed by atoms with Gasteiger partial charge in [0.1, 0.15) is 5.82 Å². The second-order valence-corrected chi connectivity index (χ2v) is 12.7. The summed E-state index contributed by atoms with van der Waals surface area (Å²) in [5.74, 6) is 0.259. The number of benzene rings is 1. The Morgan fingerprint density at radius 1 is 1.20 bits per heavy atom. The SMILES string of the molecule is CC(C)(O)c1ccnc(-c2cccc3cc([C@H](NS(=O)(=O)C4CC4)c4nc(N)ccc4Cl)sc23)c1. The highest BCUT2D eigenvalue weighted by Crippen LogP contribution is 2.41. The number of rotatable bonds is 7. The van der Waals surface area contributed by atoms with Crippen LogP contribution in [0.4, 0.5) is 5.82 Å². The van der Waals surface area contributed by atoms with Crippen LogP contribution < -0.4 is 10.5 Å². The summed E-state index contributed by atoms with van der Waals surface area (Å²) in [5, 5.41) is 11.3. The number of halogens is 1. The summed E-state index contributed by atoms with van der Waals surface area (Å²) in [6, 6.07) is 13.9. The number of pyridine rings is 2. The quantitative estimate of drug-likeness (QED) is 0.311. The predicted octanol–water partition coefficient (Wildman–Crippen LogP) is 4.99. The van der Waals surface area contributed by atoms with E-state index in [-0.39, 0.29) is 5.82 Å². The minimum absolute atomic E-state index is 0.259. The third kappa shape index (κ3) is 4.92. The van der Waals surface area contributed by atoms with Crippen LogP contribution in [0.1, 0.15) is 48.9 Å². The van der Waals surface area contributed by atoms with Crippen molar-refractivity contribution in [2.75, 3.05) is 5.73 Å². The molecule has 4 N–H and O–H groups in total. The number of fused-ring (bicyclic) bond motifs is 1. The molecular formula is C25H25ClN4O3S2. The van der Waals surface area contributed by atoms with Crippen molar-refractivity contribution in [2.45, 2.75) is 43.6 Å². The Morgan fingerprint density at radius 3 is 2.69 bits per heavy atom. The van der Waals surface area contributed by atoms with Gasteiger partial charge in [0.15, 0.2) is 0 Å². The van der Waals surface area contributed by atoms with Crippen LogP contribution in [-0.2, 0) is 15.6 Å². The molecule has 1 aromatic carbocycles. The monoisotopic (exact) mass is 528 g/mol. The molecule has 5 rings (SSSR count). The van der Waals surface area contributed by atoms with Crippen molar-refractivity contribution in [1.82, 2.24) is 14.7 Å². The van der Waals surface area contributed by atoms with E-state index >= 15 is 0 Å². The number of hydrogen-bond donors (Lipinski definition) is 3. The summed E-state index contributed by atoms with van der Waals surface area (Å²) in [7, 11) is -3.56. The second kappa shape index (κ2) is 8.83. The molecule has 1 atom stereocenters. The molecule has 3 heterocycles. The first-order valence-corrected chi connectivity index (χ1v) is 13.9. The standard InChI is InChI=1S/C25H25ClN4O3S2/c1-25(2,31)15-10-11-28-19(13-15)17-5-3-4-14-12-20(34-24(14)17)23(30-35(32,33)16-6-7-16)22-18(26)8-9-21(27)29-22/h3-5,8-13,16,23,30-31H,6-7H2,1-2H3,(H2,27,29)/t23-/m0/s1. The maximum Gasteiger partial charge on any atom is 0.215 e. The Kier molecular flexibility index (Phi) is 6.09. The van der Waals surface area contributed by atoms with Crippen molar-refractivity contribution < 1.29 is 13.5 Å². The van der Waals surface area contributed by atoms with Crippen LogP contribution in [0.2, 0.25) is 5.02 Å². The van der Waals surface area contributed by atoms with E-state index in [4.69, 9.17) is 17.3 Å². The summed E-state index contributed by atoms with van der Waals surface area (Å²) in [4.78, 5) is 9.67. The molecule has 0 amide bonds. The van der Waals surface area contributed by atoms with Crippen LogP contribution >= 0.6 is 22.9 Å². The van der Waals surface area contributed by atoms with Crippen molar-refractivity contribution >= 4 is 48.9 Å². The van der Waals surface area contributed by atoms with Crippen LogP contribution in [0.5, 0.6) is 0 Å². The molecule has 1 fully saturated rings. The van der Waals surface area contributed by atoms with Gasteiger partial charge in [0.2, 0.25) is 10.0 Å². The number of aliphatic hydroxyl groups is 1. The fourth-order valence-corrected chi connectivity index (χ4v) is 6.99. The Labute approximate surface area is 213 Å². The number of hydrogen-bond acceptors (Lipinski definition) is 7. The van der Waals surface area contributed by atoms with Crippen molar-refractivity contribution in [3.63, 3.8) is 0 Å². The van der Waals surface area contributed by atoms with Crippen LogP contribution in [0.15, 0.2) is 54.7 Å². The molecule has 10 heteroatoms. The molecule has 0 aliphatic heterocycles. The Bertz CT molecular complexity index is 1530.